The summed E-state index contributed by atoms with van der Waals surface area (Å²) in [6.07, 6.45) is 5.14. The van der Waals surface area contributed by atoms with Gasteiger partial charge in [0.05, 0.1) is 0 Å². The molecule has 1 atom stereocenters. The summed E-state index contributed by atoms with van der Waals surface area (Å²) >= 11 is 0. The fourth-order valence-corrected chi connectivity index (χ4v) is 1.43. The standard InChI is InChI=1S/C10H11N/c11-10-6-5-8-3-1-2-4-9(8)7-10/h1-6,10H,7,11H2/t10-/m0/s1. The lowest BCUT2D eigenvalue weighted by Gasteiger charge is -2.14. The lowest BCUT2D eigenvalue weighted by Crippen LogP contribution is -2.22. The topological polar surface area (TPSA) is 26.0 Å². The fourth-order valence-electron chi connectivity index (χ4n) is 1.43. The van der Waals surface area contributed by atoms with Crippen molar-refractivity contribution < 1.29 is 0 Å². The predicted molar refractivity (Wildman–Crippen MR) is 47.2 cm³/mol. The zero-order valence-corrected chi connectivity index (χ0v) is 6.33. The molecule has 1 nitrogen and oxygen atoms in total. The monoisotopic (exact) mass is 145 g/mol. The Morgan fingerprint density at radius 3 is 3.00 bits per heavy atom. The largest absolute Gasteiger partial charge is 0.324 e. The summed E-state index contributed by atoms with van der Waals surface area (Å²) in [7, 11) is 0. The van der Waals surface area contributed by atoms with Gasteiger partial charge in [0.2, 0.25) is 0 Å². The van der Waals surface area contributed by atoms with Gasteiger partial charge >= 0.3 is 0 Å². The van der Waals surface area contributed by atoms with E-state index >= 15 is 0 Å². The van der Waals surface area contributed by atoms with E-state index in [1.807, 2.05) is 0 Å². The molecule has 1 aliphatic carbocycles. The van der Waals surface area contributed by atoms with Crippen LogP contribution in [0.2, 0.25) is 0 Å². The maximum atomic E-state index is 5.76. The zero-order valence-electron chi connectivity index (χ0n) is 6.33. The second kappa shape index (κ2) is 2.51. The van der Waals surface area contributed by atoms with Crippen molar-refractivity contribution in [2.24, 2.45) is 5.73 Å². The molecular weight excluding hydrogens is 134 g/mol. The minimum atomic E-state index is 0.213. The molecule has 0 spiro atoms. The van der Waals surface area contributed by atoms with Crippen LogP contribution in [0.4, 0.5) is 0 Å². The molecule has 1 aliphatic rings. The van der Waals surface area contributed by atoms with Crippen LogP contribution in [-0.2, 0) is 6.42 Å². The highest BCUT2D eigenvalue weighted by Crippen LogP contribution is 2.17. The third kappa shape index (κ3) is 1.19. The van der Waals surface area contributed by atoms with Crippen molar-refractivity contribution >= 4 is 6.08 Å². The summed E-state index contributed by atoms with van der Waals surface area (Å²) in [6.45, 7) is 0. The Balaban J connectivity index is 2.46. The summed E-state index contributed by atoms with van der Waals surface area (Å²) in [6, 6.07) is 8.59. The summed E-state index contributed by atoms with van der Waals surface area (Å²) in [5.74, 6) is 0. The first-order valence-corrected chi connectivity index (χ1v) is 3.88. The fraction of sp³-hybridized carbons (Fsp3) is 0.200. The Kier molecular flexibility index (Phi) is 1.51. The van der Waals surface area contributed by atoms with Gasteiger partial charge in [-0.05, 0) is 17.5 Å². The van der Waals surface area contributed by atoms with Crippen molar-refractivity contribution in [2.75, 3.05) is 0 Å². The smallest absolute Gasteiger partial charge is 0.0268 e. The Hall–Kier alpha value is -1.08. The first-order chi connectivity index (χ1) is 5.36. The van der Waals surface area contributed by atoms with Gasteiger partial charge in [0.15, 0.2) is 0 Å². The van der Waals surface area contributed by atoms with Crippen LogP contribution in [-0.4, -0.2) is 6.04 Å². The third-order valence-corrected chi connectivity index (χ3v) is 2.03. The van der Waals surface area contributed by atoms with Crippen molar-refractivity contribution in [1.29, 1.82) is 0 Å². The molecule has 0 bridgehead atoms. The van der Waals surface area contributed by atoms with Crippen LogP contribution < -0.4 is 5.73 Å². The normalized spacial score (nSPS) is 21.4. The summed E-state index contributed by atoms with van der Waals surface area (Å²) < 4.78 is 0. The first-order valence-electron chi connectivity index (χ1n) is 3.88. The van der Waals surface area contributed by atoms with E-state index < -0.39 is 0 Å². The van der Waals surface area contributed by atoms with E-state index in [4.69, 9.17) is 5.73 Å². The molecule has 1 heteroatoms. The van der Waals surface area contributed by atoms with Gasteiger partial charge in [0.1, 0.15) is 0 Å². The molecule has 0 aromatic heterocycles. The highest BCUT2D eigenvalue weighted by molar-refractivity contribution is 5.57. The molecule has 11 heavy (non-hydrogen) atoms. The highest BCUT2D eigenvalue weighted by atomic mass is 14.6. The molecule has 1 aromatic carbocycles. The molecule has 0 radical (unpaired) electrons. The van der Waals surface area contributed by atoms with Crippen molar-refractivity contribution in [3.05, 3.63) is 41.5 Å². The van der Waals surface area contributed by atoms with Gasteiger partial charge in [-0.15, -0.1) is 0 Å². The molecule has 0 saturated heterocycles. The van der Waals surface area contributed by atoms with E-state index in [1.54, 1.807) is 0 Å². The van der Waals surface area contributed by atoms with Crippen LogP contribution in [0.15, 0.2) is 30.3 Å². The van der Waals surface area contributed by atoms with Crippen LogP contribution in [0.3, 0.4) is 0 Å². The molecule has 0 aliphatic heterocycles. The number of fused-ring (bicyclic) bond motifs is 1. The molecular formula is C10H11N. The Bertz CT molecular complexity index is 289. The maximum absolute atomic E-state index is 5.76. The molecule has 2 rings (SSSR count). The quantitative estimate of drug-likeness (QED) is 0.589. The van der Waals surface area contributed by atoms with E-state index in [9.17, 15) is 0 Å². The SMILES string of the molecule is N[C@H]1C=Cc2ccccc2C1. The van der Waals surface area contributed by atoms with Gasteiger partial charge in [0.25, 0.3) is 0 Å². The summed E-state index contributed by atoms with van der Waals surface area (Å²) in [5, 5.41) is 0. The van der Waals surface area contributed by atoms with E-state index in [0.717, 1.165) is 6.42 Å². The number of benzene rings is 1. The van der Waals surface area contributed by atoms with Crippen LogP contribution >= 0.6 is 0 Å². The second-order valence-electron chi connectivity index (χ2n) is 2.93. The molecule has 0 fully saturated rings. The van der Waals surface area contributed by atoms with E-state index in [0.29, 0.717) is 0 Å². The van der Waals surface area contributed by atoms with Gasteiger partial charge in [-0.25, -0.2) is 0 Å². The van der Waals surface area contributed by atoms with Gasteiger partial charge in [-0.2, -0.15) is 0 Å². The first kappa shape index (κ1) is 6.62. The van der Waals surface area contributed by atoms with Crippen LogP contribution in [0.5, 0.6) is 0 Å². The van der Waals surface area contributed by atoms with Gasteiger partial charge in [-0.3, -0.25) is 0 Å². The Labute approximate surface area is 66.5 Å². The third-order valence-electron chi connectivity index (χ3n) is 2.03. The van der Waals surface area contributed by atoms with Crippen molar-refractivity contribution in [3.8, 4) is 0 Å². The molecule has 0 saturated carbocycles. The van der Waals surface area contributed by atoms with E-state index in [2.05, 4.69) is 36.4 Å². The van der Waals surface area contributed by atoms with Crippen molar-refractivity contribution in [3.63, 3.8) is 0 Å². The lowest BCUT2D eigenvalue weighted by atomic mass is 9.95. The molecule has 0 unspecified atom stereocenters. The molecule has 2 N–H and O–H groups in total. The van der Waals surface area contributed by atoms with E-state index in [1.165, 1.54) is 11.1 Å². The van der Waals surface area contributed by atoms with Crippen LogP contribution in [0.25, 0.3) is 6.08 Å². The number of nitrogens with two attached hydrogens (primary N) is 1. The summed E-state index contributed by atoms with van der Waals surface area (Å²) in [5.41, 5.74) is 8.44. The minimum Gasteiger partial charge on any atom is -0.324 e. The van der Waals surface area contributed by atoms with Crippen LogP contribution in [0, 0.1) is 0 Å². The zero-order chi connectivity index (χ0) is 7.68. The second-order valence-corrected chi connectivity index (χ2v) is 2.93. The Morgan fingerprint density at radius 1 is 1.27 bits per heavy atom. The number of rotatable bonds is 0. The maximum Gasteiger partial charge on any atom is 0.0268 e. The summed E-state index contributed by atoms with van der Waals surface area (Å²) in [4.78, 5) is 0. The predicted octanol–water partition coefficient (Wildman–Crippen LogP) is 1.58. The van der Waals surface area contributed by atoms with Crippen molar-refractivity contribution in [1.82, 2.24) is 0 Å². The van der Waals surface area contributed by atoms with E-state index in [-0.39, 0.29) is 6.04 Å². The highest BCUT2D eigenvalue weighted by Gasteiger charge is 2.07. The lowest BCUT2D eigenvalue weighted by molar-refractivity contribution is 0.802. The molecule has 1 aromatic rings. The minimum absolute atomic E-state index is 0.213. The van der Waals surface area contributed by atoms with Gasteiger partial charge in [0, 0.05) is 6.04 Å². The average molecular weight is 145 g/mol. The van der Waals surface area contributed by atoms with Crippen LogP contribution in [0.1, 0.15) is 11.1 Å². The number of hydrogen-bond donors (Lipinski definition) is 1. The number of hydrogen-bond acceptors (Lipinski definition) is 1. The Morgan fingerprint density at radius 2 is 2.09 bits per heavy atom. The average Bonchev–Trinajstić information content (AvgIpc) is 2.04. The van der Waals surface area contributed by atoms with Gasteiger partial charge in [-0.1, -0.05) is 36.4 Å². The van der Waals surface area contributed by atoms with Gasteiger partial charge < -0.3 is 5.73 Å². The molecule has 56 valence electrons. The molecule has 0 heterocycles. The molecule has 0 amide bonds. The van der Waals surface area contributed by atoms with Crippen molar-refractivity contribution in [2.45, 2.75) is 12.5 Å².